The van der Waals surface area contributed by atoms with Gasteiger partial charge in [0.1, 0.15) is 28.9 Å². The lowest BCUT2D eigenvalue weighted by Gasteiger charge is -1.99. The monoisotopic (exact) mass is 265 g/mol. The highest BCUT2D eigenvalue weighted by atomic mass is 16.3. The number of hydrogen-bond acceptors (Lipinski definition) is 5. The smallest absolute Gasteiger partial charge is 0.140 e. The Hall–Kier alpha value is -1.75. The molecule has 0 bridgehead atoms. The fourth-order valence-corrected chi connectivity index (χ4v) is 1.71. The minimum absolute atomic E-state index is 0.00700. The first-order valence-corrected chi connectivity index (χ1v) is 6.31. The SMILES string of the molecule is CC(=O)Cc1ccc(CC(=O)CCC(=O)CCN)o1. The predicted molar refractivity (Wildman–Crippen MR) is 69.7 cm³/mol. The standard InChI is InChI=1S/C14H19NO4/c1-10(16)8-13-4-5-14(19-13)9-12(18)3-2-11(17)6-7-15/h4-5H,2-3,6-9,15H2,1H3. The quantitative estimate of drug-likeness (QED) is 0.725. The molecule has 1 aromatic heterocycles. The van der Waals surface area contributed by atoms with E-state index in [4.69, 9.17) is 10.2 Å². The lowest BCUT2D eigenvalue weighted by atomic mass is 10.1. The van der Waals surface area contributed by atoms with Crippen LogP contribution in [-0.4, -0.2) is 23.9 Å². The highest BCUT2D eigenvalue weighted by molar-refractivity contribution is 5.86. The minimum Gasteiger partial charge on any atom is -0.465 e. The summed E-state index contributed by atoms with van der Waals surface area (Å²) >= 11 is 0. The number of nitrogens with two attached hydrogens (primary N) is 1. The zero-order chi connectivity index (χ0) is 14.3. The largest absolute Gasteiger partial charge is 0.465 e. The fourth-order valence-electron chi connectivity index (χ4n) is 1.71. The number of hydrogen-bond donors (Lipinski definition) is 1. The average Bonchev–Trinajstić information content (AvgIpc) is 2.73. The van der Waals surface area contributed by atoms with Gasteiger partial charge in [-0.2, -0.15) is 0 Å². The summed E-state index contributed by atoms with van der Waals surface area (Å²) in [5.74, 6) is 1.07. The molecule has 0 radical (unpaired) electrons. The third kappa shape index (κ3) is 6.10. The van der Waals surface area contributed by atoms with Gasteiger partial charge in [0.2, 0.25) is 0 Å². The summed E-state index contributed by atoms with van der Waals surface area (Å²) in [6.07, 6.45) is 1.16. The molecule has 0 aromatic carbocycles. The van der Waals surface area contributed by atoms with Crippen molar-refractivity contribution in [2.75, 3.05) is 6.54 Å². The summed E-state index contributed by atoms with van der Waals surface area (Å²) in [5, 5.41) is 0. The van der Waals surface area contributed by atoms with Gasteiger partial charge in [0.05, 0.1) is 12.8 Å². The van der Waals surface area contributed by atoms with Gasteiger partial charge in [0, 0.05) is 19.3 Å². The second kappa shape index (κ2) is 7.63. The Morgan fingerprint density at radius 1 is 1.00 bits per heavy atom. The van der Waals surface area contributed by atoms with Gasteiger partial charge in [0.25, 0.3) is 0 Å². The van der Waals surface area contributed by atoms with Gasteiger partial charge in [-0.15, -0.1) is 0 Å². The number of carbonyl (C=O) groups excluding carboxylic acids is 3. The molecule has 104 valence electrons. The fraction of sp³-hybridized carbons (Fsp3) is 0.500. The first kappa shape index (κ1) is 15.3. The zero-order valence-corrected chi connectivity index (χ0v) is 11.1. The van der Waals surface area contributed by atoms with E-state index in [1.807, 2.05) is 0 Å². The van der Waals surface area contributed by atoms with Gasteiger partial charge in [-0.3, -0.25) is 14.4 Å². The number of rotatable bonds is 9. The minimum atomic E-state index is -0.0471. The molecule has 0 saturated heterocycles. The van der Waals surface area contributed by atoms with E-state index in [0.29, 0.717) is 24.5 Å². The Labute approximate surface area is 112 Å². The number of ketones is 3. The molecule has 0 spiro atoms. The first-order valence-electron chi connectivity index (χ1n) is 6.31. The number of Topliss-reactive ketones (excluding diaryl/α,β-unsaturated/α-hetero) is 3. The summed E-state index contributed by atoms with van der Waals surface area (Å²) in [6.45, 7) is 1.80. The molecule has 0 aliphatic heterocycles. The molecule has 0 aliphatic rings. The summed E-state index contributed by atoms with van der Waals surface area (Å²) in [5.41, 5.74) is 5.25. The molecule has 5 nitrogen and oxygen atoms in total. The summed E-state index contributed by atoms with van der Waals surface area (Å²) in [6, 6.07) is 3.39. The lowest BCUT2D eigenvalue weighted by Crippen LogP contribution is -2.10. The van der Waals surface area contributed by atoms with Gasteiger partial charge >= 0.3 is 0 Å². The highest BCUT2D eigenvalue weighted by Gasteiger charge is 2.11. The average molecular weight is 265 g/mol. The molecule has 0 amide bonds. The van der Waals surface area contributed by atoms with Crippen LogP contribution in [0.25, 0.3) is 0 Å². The van der Waals surface area contributed by atoms with Crippen molar-refractivity contribution in [2.45, 2.75) is 39.0 Å². The molecule has 5 heteroatoms. The van der Waals surface area contributed by atoms with Crippen molar-refractivity contribution < 1.29 is 18.8 Å². The molecule has 1 heterocycles. The van der Waals surface area contributed by atoms with Crippen molar-refractivity contribution in [3.63, 3.8) is 0 Å². The summed E-state index contributed by atoms with van der Waals surface area (Å²) in [4.78, 5) is 33.8. The highest BCUT2D eigenvalue weighted by Crippen LogP contribution is 2.11. The van der Waals surface area contributed by atoms with Crippen molar-refractivity contribution in [2.24, 2.45) is 5.73 Å². The summed E-state index contributed by atoms with van der Waals surface area (Å²) < 4.78 is 5.37. The Morgan fingerprint density at radius 2 is 1.58 bits per heavy atom. The van der Waals surface area contributed by atoms with Crippen molar-refractivity contribution in [3.05, 3.63) is 23.7 Å². The van der Waals surface area contributed by atoms with Crippen LogP contribution < -0.4 is 5.73 Å². The van der Waals surface area contributed by atoms with E-state index in [-0.39, 0.29) is 43.0 Å². The van der Waals surface area contributed by atoms with Gasteiger partial charge < -0.3 is 10.2 Å². The molecule has 0 atom stereocenters. The van der Waals surface area contributed by atoms with Gasteiger partial charge in [-0.25, -0.2) is 0 Å². The molecular formula is C14H19NO4. The molecule has 1 rings (SSSR count). The van der Waals surface area contributed by atoms with E-state index in [0.717, 1.165) is 0 Å². The van der Waals surface area contributed by atoms with Crippen LogP contribution in [-0.2, 0) is 27.2 Å². The first-order chi connectivity index (χ1) is 9.01. The molecule has 0 aliphatic carbocycles. The third-order valence-corrected chi connectivity index (χ3v) is 2.62. The van der Waals surface area contributed by atoms with Crippen LogP contribution >= 0.6 is 0 Å². The number of furan rings is 1. The Balaban J connectivity index is 2.38. The maximum Gasteiger partial charge on any atom is 0.140 e. The maximum absolute atomic E-state index is 11.6. The van der Waals surface area contributed by atoms with Crippen LogP contribution in [0.4, 0.5) is 0 Å². The topological polar surface area (TPSA) is 90.4 Å². The second-order valence-corrected chi connectivity index (χ2v) is 4.54. The van der Waals surface area contributed by atoms with Gasteiger partial charge in [-0.1, -0.05) is 0 Å². The normalized spacial score (nSPS) is 10.4. The summed E-state index contributed by atoms with van der Waals surface area (Å²) in [7, 11) is 0. The maximum atomic E-state index is 11.6. The van der Waals surface area contributed by atoms with E-state index < -0.39 is 0 Å². The van der Waals surface area contributed by atoms with E-state index >= 15 is 0 Å². The predicted octanol–water partition coefficient (Wildman–Crippen LogP) is 1.22. The zero-order valence-electron chi connectivity index (χ0n) is 11.1. The van der Waals surface area contributed by atoms with Crippen molar-refractivity contribution in [1.29, 1.82) is 0 Å². The molecule has 0 fully saturated rings. The second-order valence-electron chi connectivity index (χ2n) is 4.54. The van der Waals surface area contributed by atoms with E-state index in [1.165, 1.54) is 6.92 Å². The molecular weight excluding hydrogens is 246 g/mol. The lowest BCUT2D eigenvalue weighted by molar-refractivity contribution is -0.124. The van der Waals surface area contributed by atoms with Gasteiger partial charge in [0.15, 0.2) is 0 Å². The van der Waals surface area contributed by atoms with Crippen molar-refractivity contribution in [3.8, 4) is 0 Å². The van der Waals surface area contributed by atoms with Crippen LogP contribution in [0.15, 0.2) is 16.5 Å². The van der Waals surface area contributed by atoms with Crippen LogP contribution in [0.2, 0.25) is 0 Å². The van der Waals surface area contributed by atoms with Crippen LogP contribution in [0.5, 0.6) is 0 Å². The Kier molecular flexibility index (Phi) is 6.15. The van der Waals surface area contributed by atoms with Crippen LogP contribution in [0.3, 0.4) is 0 Å². The van der Waals surface area contributed by atoms with Gasteiger partial charge in [-0.05, 0) is 25.6 Å². The van der Waals surface area contributed by atoms with Crippen molar-refractivity contribution >= 4 is 17.3 Å². The van der Waals surface area contributed by atoms with Crippen LogP contribution in [0, 0.1) is 0 Å². The molecule has 0 unspecified atom stereocenters. The molecule has 2 N–H and O–H groups in total. The molecule has 1 aromatic rings. The van der Waals surface area contributed by atoms with E-state index in [9.17, 15) is 14.4 Å². The van der Waals surface area contributed by atoms with Crippen LogP contribution in [0.1, 0.15) is 37.7 Å². The van der Waals surface area contributed by atoms with Crippen molar-refractivity contribution in [1.82, 2.24) is 0 Å². The number of carbonyl (C=O) groups is 3. The Morgan fingerprint density at radius 3 is 2.16 bits per heavy atom. The third-order valence-electron chi connectivity index (χ3n) is 2.62. The Bertz CT molecular complexity index is 462. The van der Waals surface area contributed by atoms with E-state index in [1.54, 1.807) is 12.1 Å². The van der Waals surface area contributed by atoms with E-state index in [2.05, 4.69) is 0 Å². The molecule has 19 heavy (non-hydrogen) atoms. The molecule has 0 saturated carbocycles.